The van der Waals surface area contributed by atoms with Gasteiger partial charge in [-0.15, -0.1) is 0 Å². The van der Waals surface area contributed by atoms with Crippen LogP contribution in [-0.2, 0) is 13.0 Å². The highest BCUT2D eigenvalue weighted by molar-refractivity contribution is 5.71. The van der Waals surface area contributed by atoms with Crippen molar-refractivity contribution in [1.29, 1.82) is 0 Å². The zero-order chi connectivity index (χ0) is 21.2. The molecule has 5 rings (SSSR count). The molecule has 1 aromatic heterocycles. The van der Waals surface area contributed by atoms with E-state index in [0.717, 1.165) is 44.1 Å². The molecule has 3 heterocycles. The van der Waals surface area contributed by atoms with Crippen LogP contribution in [0.1, 0.15) is 64.2 Å². The molecule has 0 radical (unpaired) electrons. The van der Waals surface area contributed by atoms with E-state index in [1.807, 2.05) is 6.20 Å². The van der Waals surface area contributed by atoms with Crippen LogP contribution in [0.2, 0.25) is 0 Å². The number of aryl methyl sites for hydroxylation is 1. The van der Waals surface area contributed by atoms with Crippen LogP contribution in [0.4, 0.5) is 0 Å². The Labute approximate surface area is 184 Å². The number of nitrogens with zero attached hydrogens (tertiary/aromatic N) is 3. The van der Waals surface area contributed by atoms with Crippen molar-refractivity contribution >= 4 is 6.29 Å². The van der Waals surface area contributed by atoms with Gasteiger partial charge in [0.1, 0.15) is 11.5 Å². The monoisotopic (exact) mass is 413 g/mol. The lowest BCUT2D eigenvalue weighted by atomic mass is 9.85. The molecule has 0 aliphatic carbocycles. The first-order valence-electron chi connectivity index (χ1n) is 11.6. The van der Waals surface area contributed by atoms with E-state index in [4.69, 9.17) is 4.98 Å². The second kappa shape index (κ2) is 8.80. The first-order valence-corrected chi connectivity index (χ1v) is 11.6. The van der Waals surface area contributed by atoms with Crippen LogP contribution in [0.3, 0.4) is 0 Å². The second-order valence-corrected chi connectivity index (χ2v) is 9.33. The Balaban J connectivity index is 1.34. The number of carbonyl (C=O) groups is 1. The lowest BCUT2D eigenvalue weighted by Gasteiger charge is -2.41. The molecule has 2 aliphatic rings. The van der Waals surface area contributed by atoms with Crippen LogP contribution < -0.4 is 0 Å². The van der Waals surface area contributed by atoms with Gasteiger partial charge in [-0.05, 0) is 62.7 Å². The maximum atomic E-state index is 11.4. The molecule has 2 aliphatic heterocycles. The molecule has 0 bridgehead atoms. The minimum Gasteiger partial charge on any atom is -0.332 e. The molecule has 4 nitrogen and oxygen atoms in total. The van der Waals surface area contributed by atoms with E-state index in [9.17, 15) is 4.79 Å². The number of piperidine rings is 1. The van der Waals surface area contributed by atoms with Gasteiger partial charge in [0.05, 0.1) is 6.04 Å². The molecule has 0 N–H and O–H groups in total. The molecule has 0 spiro atoms. The van der Waals surface area contributed by atoms with E-state index in [1.54, 1.807) is 0 Å². The summed E-state index contributed by atoms with van der Waals surface area (Å²) in [7, 11) is 0. The van der Waals surface area contributed by atoms with Crippen LogP contribution >= 0.6 is 0 Å². The Morgan fingerprint density at radius 2 is 1.87 bits per heavy atom. The SMILES string of the molecule is Cc1cccc(C2CC(N3CCC(Cc4ccccc4)CC3)c3nc(C=O)cn3C2)c1. The molecule has 3 aromatic rings. The molecule has 0 saturated carbocycles. The number of benzene rings is 2. The number of hydrogen-bond acceptors (Lipinski definition) is 3. The second-order valence-electron chi connectivity index (χ2n) is 9.33. The highest BCUT2D eigenvalue weighted by Gasteiger charge is 2.35. The van der Waals surface area contributed by atoms with Gasteiger partial charge in [0.15, 0.2) is 6.29 Å². The van der Waals surface area contributed by atoms with E-state index in [1.165, 1.54) is 36.0 Å². The summed E-state index contributed by atoms with van der Waals surface area (Å²) in [5.74, 6) is 2.28. The Bertz CT molecular complexity index is 1030. The third-order valence-electron chi connectivity index (χ3n) is 7.14. The van der Waals surface area contributed by atoms with Crippen molar-refractivity contribution in [2.75, 3.05) is 13.1 Å². The predicted molar refractivity (Wildman–Crippen MR) is 123 cm³/mol. The molecule has 4 heteroatoms. The summed E-state index contributed by atoms with van der Waals surface area (Å²) < 4.78 is 2.24. The van der Waals surface area contributed by atoms with Gasteiger partial charge < -0.3 is 4.57 Å². The van der Waals surface area contributed by atoms with E-state index in [0.29, 0.717) is 11.6 Å². The minimum absolute atomic E-state index is 0.283. The predicted octanol–water partition coefficient (Wildman–Crippen LogP) is 5.19. The number of imidazole rings is 1. The van der Waals surface area contributed by atoms with Gasteiger partial charge in [-0.3, -0.25) is 9.69 Å². The third-order valence-corrected chi connectivity index (χ3v) is 7.14. The zero-order valence-corrected chi connectivity index (χ0v) is 18.3. The first kappa shape index (κ1) is 20.2. The van der Waals surface area contributed by atoms with Gasteiger partial charge in [-0.25, -0.2) is 4.98 Å². The number of rotatable bonds is 5. The van der Waals surface area contributed by atoms with Gasteiger partial charge in [0.25, 0.3) is 0 Å². The van der Waals surface area contributed by atoms with Crippen LogP contribution in [0.5, 0.6) is 0 Å². The van der Waals surface area contributed by atoms with Crippen LogP contribution in [-0.4, -0.2) is 33.8 Å². The van der Waals surface area contributed by atoms with Gasteiger partial charge in [-0.1, -0.05) is 60.2 Å². The Morgan fingerprint density at radius 1 is 1.06 bits per heavy atom. The van der Waals surface area contributed by atoms with Crippen LogP contribution in [0.15, 0.2) is 60.8 Å². The number of fused-ring (bicyclic) bond motifs is 1. The molecule has 2 atom stereocenters. The Hall–Kier alpha value is -2.72. The molecule has 1 fully saturated rings. The van der Waals surface area contributed by atoms with Crippen molar-refractivity contribution in [3.05, 3.63) is 89.0 Å². The number of carbonyl (C=O) groups excluding carboxylic acids is 1. The molecule has 31 heavy (non-hydrogen) atoms. The lowest BCUT2D eigenvalue weighted by molar-refractivity contribution is 0.102. The Kier molecular flexibility index (Phi) is 5.73. The number of likely N-dealkylation sites (tertiary alicyclic amines) is 1. The quantitative estimate of drug-likeness (QED) is 0.541. The first-order chi connectivity index (χ1) is 15.2. The molecule has 2 unspecified atom stereocenters. The van der Waals surface area contributed by atoms with Crippen molar-refractivity contribution < 1.29 is 4.79 Å². The average Bonchev–Trinajstić information content (AvgIpc) is 3.23. The molecule has 0 amide bonds. The standard InChI is InChI=1S/C27H31N3O/c1-20-6-5-9-23(14-20)24-16-26(27-28-25(19-31)18-30(27)17-24)29-12-10-22(11-13-29)15-21-7-3-2-4-8-21/h2-9,14,18-19,22,24,26H,10-13,15-17H2,1H3. The van der Waals surface area contributed by atoms with Crippen molar-refractivity contribution in [3.8, 4) is 0 Å². The summed E-state index contributed by atoms with van der Waals surface area (Å²) in [6.45, 7) is 5.27. The number of aromatic nitrogens is 2. The Morgan fingerprint density at radius 3 is 2.61 bits per heavy atom. The summed E-state index contributed by atoms with van der Waals surface area (Å²) in [5.41, 5.74) is 4.71. The fourth-order valence-corrected chi connectivity index (χ4v) is 5.50. The maximum absolute atomic E-state index is 11.4. The fourth-order valence-electron chi connectivity index (χ4n) is 5.50. The van der Waals surface area contributed by atoms with Gasteiger partial charge >= 0.3 is 0 Å². The van der Waals surface area contributed by atoms with Crippen molar-refractivity contribution in [2.24, 2.45) is 5.92 Å². The summed E-state index contributed by atoms with van der Waals surface area (Å²) in [4.78, 5) is 18.8. The molecule has 2 aromatic carbocycles. The third kappa shape index (κ3) is 4.35. The summed E-state index contributed by atoms with van der Waals surface area (Å²) in [6.07, 6.45) is 7.52. The van der Waals surface area contributed by atoms with Crippen molar-refractivity contribution in [2.45, 2.75) is 51.1 Å². The molecule has 1 saturated heterocycles. The topological polar surface area (TPSA) is 38.1 Å². The van der Waals surface area contributed by atoms with Crippen LogP contribution in [0, 0.1) is 12.8 Å². The fraction of sp³-hybridized carbons (Fsp3) is 0.407. The highest BCUT2D eigenvalue weighted by Crippen LogP contribution is 2.40. The van der Waals surface area contributed by atoms with Crippen molar-refractivity contribution in [3.63, 3.8) is 0 Å². The van der Waals surface area contributed by atoms with Gasteiger partial charge in [0.2, 0.25) is 0 Å². The summed E-state index contributed by atoms with van der Waals surface area (Å²) in [5, 5.41) is 0. The van der Waals surface area contributed by atoms with Crippen molar-refractivity contribution in [1.82, 2.24) is 14.5 Å². The normalized spacial score (nSPS) is 22.2. The van der Waals surface area contributed by atoms with E-state index < -0.39 is 0 Å². The summed E-state index contributed by atoms with van der Waals surface area (Å²) in [6, 6.07) is 20.0. The largest absolute Gasteiger partial charge is 0.332 e. The minimum atomic E-state index is 0.283. The zero-order valence-electron chi connectivity index (χ0n) is 18.3. The van der Waals surface area contributed by atoms with Gasteiger partial charge in [-0.2, -0.15) is 0 Å². The molecular weight excluding hydrogens is 382 g/mol. The molecular formula is C27H31N3O. The lowest BCUT2D eigenvalue weighted by Crippen LogP contribution is -2.41. The maximum Gasteiger partial charge on any atom is 0.170 e. The van der Waals surface area contributed by atoms with Crippen LogP contribution in [0.25, 0.3) is 0 Å². The number of aldehydes is 1. The van der Waals surface area contributed by atoms with E-state index >= 15 is 0 Å². The average molecular weight is 414 g/mol. The smallest absolute Gasteiger partial charge is 0.170 e. The highest BCUT2D eigenvalue weighted by atomic mass is 16.1. The van der Waals surface area contributed by atoms with E-state index in [-0.39, 0.29) is 6.04 Å². The van der Waals surface area contributed by atoms with E-state index in [2.05, 4.69) is 71.0 Å². The van der Waals surface area contributed by atoms with Gasteiger partial charge in [0, 0.05) is 18.7 Å². The molecule has 160 valence electrons. The summed E-state index contributed by atoms with van der Waals surface area (Å²) >= 11 is 0. The number of hydrogen-bond donors (Lipinski definition) is 0.